The lowest BCUT2D eigenvalue weighted by atomic mass is 9.69. The summed E-state index contributed by atoms with van der Waals surface area (Å²) in [5, 5.41) is 19.7. The molecule has 90 valence electrons. The lowest BCUT2D eigenvalue weighted by molar-refractivity contribution is -0.0973. The van der Waals surface area contributed by atoms with Crippen molar-refractivity contribution in [2.24, 2.45) is 0 Å². The number of rotatable bonds is 2. The second-order valence-corrected chi connectivity index (χ2v) is 4.80. The van der Waals surface area contributed by atoms with Gasteiger partial charge in [-0.3, -0.25) is 4.40 Å². The molecule has 2 atom stereocenters. The zero-order valence-electron chi connectivity index (χ0n) is 9.04. The summed E-state index contributed by atoms with van der Waals surface area (Å²) in [5.41, 5.74) is -0.326. The van der Waals surface area contributed by atoms with Crippen LogP contribution in [0.2, 0.25) is 5.15 Å². The van der Waals surface area contributed by atoms with Crippen LogP contribution in [0.1, 0.15) is 24.6 Å². The van der Waals surface area contributed by atoms with Crippen LogP contribution in [-0.4, -0.2) is 36.8 Å². The van der Waals surface area contributed by atoms with E-state index in [1.54, 1.807) is 18.6 Å². The monoisotopic (exact) mass is 253 g/mol. The van der Waals surface area contributed by atoms with Gasteiger partial charge in [0, 0.05) is 18.3 Å². The fraction of sp³-hybridized carbons (Fsp3) is 0.455. The minimum atomic E-state index is -1.04. The first-order valence-electron chi connectivity index (χ1n) is 5.46. The normalized spacial score (nSPS) is 28.3. The maximum atomic E-state index is 10.1. The zero-order valence-corrected chi connectivity index (χ0v) is 9.80. The summed E-state index contributed by atoms with van der Waals surface area (Å²) in [6, 6.07) is 0. The van der Waals surface area contributed by atoms with Gasteiger partial charge < -0.3 is 10.2 Å². The Balaban J connectivity index is 2.10. The van der Waals surface area contributed by atoms with Crippen LogP contribution in [0.15, 0.2) is 18.6 Å². The van der Waals surface area contributed by atoms with Crippen molar-refractivity contribution in [2.75, 3.05) is 6.61 Å². The van der Waals surface area contributed by atoms with E-state index in [0.29, 0.717) is 11.6 Å². The quantitative estimate of drug-likeness (QED) is 0.837. The molecule has 5 nitrogen and oxygen atoms in total. The van der Waals surface area contributed by atoms with Crippen LogP contribution in [0.3, 0.4) is 0 Å². The summed E-state index contributed by atoms with van der Waals surface area (Å²) in [6.07, 6.45) is 6.41. The molecular weight excluding hydrogens is 242 g/mol. The third-order valence-corrected chi connectivity index (χ3v) is 3.83. The number of nitrogens with zero attached hydrogens (tertiary/aromatic N) is 3. The van der Waals surface area contributed by atoms with Gasteiger partial charge >= 0.3 is 0 Å². The van der Waals surface area contributed by atoms with Crippen LogP contribution in [0.4, 0.5) is 0 Å². The van der Waals surface area contributed by atoms with Crippen molar-refractivity contribution < 1.29 is 10.2 Å². The van der Waals surface area contributed by atoms with Gasteiger partial charge in [0.15, 0.2) is 5.15 Å². The number of imidazole rings is 1. The molecule has 1 aliphatic carbocycles. The van der Waals surface area contributed by atoms with Crippen molar-refractivity contribution in [3.05, 3.63) is 29.6 Å². The standard InChI is InChI=1S/C11H12ClN3O2/c12-9-8-5-14-10(15(8)4-3-13-9)7-1-2-11(7,17)6-16/h3-5,7,16-17H,1-2,6H2. The van der Waals surface area contributed by atoms with Crippen molar-refractivity contribution in [3.8, 4) is 0 Å². The molecule has 2 aromatic heterocycles. The highest BCUT2D eigenvalue weighted by molar-refractivity contribution is 6.32. The minimum absolute atomic E-state index is 0.145. The van der Waals surface area contributed by atoms with Crippen molar-refractivity contribution in [2.45, 2.75) is 24.4 Å². The van der Waals surface area contributed by atoms with Crippen molar-refractivity contribution in [3.63, 3.8) is 0 Å². The Bertz CT molecular complexity index is 567. The van der Waals surface area contributed by atoms with Gasteiger partial charge in [-0.1, -0.05) is 11.6 Å². The van der Waals surface area contributed by atoms with Gasteiger partial charge in [-0.15, -0.1) is 0 Å². The average Bonchev–Trinajstić information content (AvgIpc) is 2.72. The number of hydrogen-bond donors (Lipinski definition) is 2. The lowest BCUT2D eigenvalue weighted by Gasteiger charge is -2.43. The van der Waals surface area contributed by atoms with Crippen molar-refractivity contribution in [1.29, 1.82) is 0 Å². The van der Waals surface area contributed by atoms with Gasteiger partial charge in [0.25, 0.3) is 0 Å². The molecule has 1 aliphatic rings. The molecule has 0 saturated heterocycles. The number of fused-ring (bicyclic) bond motifs is 1. The Morgan fingerprint density at radius 1 is 1.53 bits per heavy atom. The SMILES string of the molecule is OCC1(O)CCC1c1ncc2c(Cl)nccn12. The van der Waals surface area contributed by atoms with Gasteiger partial charge in [0.1, 0.15) is 11.3 Å². The molecule has 2 aromatic rings. The molecule has 0 amide bonds. The van der Waals surface area contributed by atoms with E-state index in [1.165, 1.54) is 0 Å². The van der Waals surface area contributed by atoms with E-state index < -0.39 is 5.60 Å². The van der Waals surface area contributed by atoms with Crippen LogP contribution in [0, 0.1) is 0 Å². The van der Waals surface area contributed by atoms with Crippen LogP contribution >= 0.6 is 11.6 Å². The molecule has 3 rings (SSSR count). The van der Waals surface area contributed by atoms with E-state index >= 15 is 0 Å². The van der Waals surface area contributed by atoms with E-state index in [4.69, 9.17) is 11.6 Å². The fourth-order valence-electron chi connectivity index (χ4n) is 2.35. The number of halogens is 1. The molecule has 0 aliphatic heterocycles. The Morgan fingerprint density at radius 2 is 2.35 bits per heavy atom. The van der Waals surface area contributed by atoms with Gasteiger partial charge in [-0.25, -0.2) is 9.97 Å². The van der Waals surface area contributed by atoms with E-state index in [2.05, 4.69) is 9.97 Å². The molecule has 17 heavy (non-hydrogen) atoms. The maximum Gasteiger partial charge on any atom is 0.154 e. The second-order valence-electron chi connectivity index (χ2n) is 4.44. The summed E-state index contributed by atoms with van der Waals surface area (Å²) in [6.45, 7) is -0.245. The topological polar surface area (TPSA) is 70.7 Å². The average molecular weight is 254 g/mol. The zero-order chi connectivity index (χ0) is 12.0. The fourth-order valence-corrected chi connectivity index (χ4v) is 2.55. The molecule has 2 unspecified atom stereocenters. The largest absolute Gasteiger partial charge is 0.393 e. The Kier molecular flexibility index (Phi) is 2.36. The summed E-state index contributed by atoms with van der Waals surface area (Å²) in [7, 11) is 0. The third-order valence-electron chi connectivity index (χ3n) is 3.54. The first-order valence-corrected chi connectivity index (χ1v) is 5.84. The van der Waals surface area contributed by atoms with Crippen LogP contribution in [-0.2, 0) is 0 Å². The van der Waals surface area contributed by atoms with Crippen molar-refractivity contribution >= 4 is 17.1 Å². The molecule has 2 N–H and O–H groups in total. The maximum absolute atomic E-state index is 10.1. The lowest BCUT2D eigenvalue weighted by Crippen LogP contribution is -2.49. The molecule has 1 saturated carbocycles. The van der Waals surface area contributed by atoms with Crippen LogP contribution in [0.5, 0.6) is 0 Å². The molecule has 0 radical (unpaired) electrons. The van der Waals surface area contributed by atoms with Gasteiger partial charge in [-0.2, -0.15) is 0 Å². The van der Waals surface area contributed by atoms with E-state index in [-0.39, 0.29) is 12.5 Å². The van der Waals surface area contributed by atoms with Gasteiger partial charge in [0.05, 0.1) is 18.4 Å². The number of hydrogen-bond acceptors (Lipinski definition) is 4. The molecule has 0 spiro atoms. The molecule has 1 fully saturated rings. The summed E-state index contributed by atoms with van der Waals surface area (Å²) in [5.74, 6) is 0.584. The Hall–Kier alpha value is -1.17. The Morgan fingerprint density at radius 3 is 3.00 bits per heavy atom. The second kappa shape index (κ2) is 3.66. The predicted octanol–water partition coefficient (Wildman–Crippen LogP) is 0.983. The Labute approximate surface area is 103 Å². The molecular formula is C11H12ClN3O2. The predicted molar refractivity (Wildman–Crippen MR) is 62.0 cm³/mol. The van der Waals surface area contributed by atoms with Crippen molar-refractivity contribution in [1.82, 2.24) is 14.4 Å². The van der Waals surface area contributed by atoms with E-state index in [0.717, 1.165) is 17.8 Å². The molecule has 2 heterocycles. The summed E-state index contributed by atoms with van der Waals surface area (Å²) >= 11 is 5.96. The summed E-state index contributed by atoms with van der Waals surface area (Å²) < 4.78 is 1.82. The highest BCUT2D eigenvalue weighted by atomic mass is 35.5. The van der Waals surface area contributed by atoms with Gasteiger partial charge in [-0.05, 0) is 12.8 Å². The van der Waals surface area contributed by atoms with Crippen LogP contribution in [0.25, 0.3) is 5.52 Å². The van der Waals surface area contributed by atoms with E-state index in [9.17, 15) is 10.2 Å². The minimum Gasteiger partial charge on any atom is -0.393 e. The van der Waals surface area contributed by atoms with Gasteiger partial charge in [0.2, 0.25) is 0 Å². The first-order chi connectivity index (χ1) is 8.15. The third kappa shape index (κ3) is 1.46. The molecule has 0 bridgehead atoms. The van der Waals surface area contributed by atoms with Crippen LogP contribution < -0.4 is 0 Å². The number of aliphatic hydroxyl groups is 2. The first kappa shape index (κ1) is 11.0. The number of aromatic nitrogens is 3. The number of aliphatic hydroxyl groups excluding tert-OH is 1. The summed E-state index contributed by atoms with van der Waals surface area (Å²) in [4.78, 5) is 8.26. The highest BCUT2D eigenvalue weighted by Gasteiger charge is 2.47. The van der Waals surface area contributed by atoms with E-state index in [1.807, 2.05) is 4.40 Å². The highest BCUT2D eigenvalue weighted by Crippen LogP contribution is 2.45. The molecule has 6 heteroatoms. The smallest absolute Gasteiger partial charge is 0.154 e. The molecule has 0 aromatic carbocycles.